The molecule has 24 heavy (non-hydrogen) atoms. The van der Waals surface area contributed by atoms with Crippen molar-refractivity contribution < 1.29 is 18.7 Å². The Labute approximate surface area is 139 Å². The van der Waals surface area contributed by atoms with Crippen LogP contribution in [0.1, 0.15) is 33.2 Å². The number of rotatable bonds is 6. The van der Waals surface area contributed by atoms with Gasteiger partial charge in [0.25, 0.3) is 11.8 Å². The predicted octanol–water partition coefficient (Wildman–Crippen LogP) is 2.51. The summed E-state index contributed by atoms with van der Waals surface area (Å²) < 4.78 is 18.5. The van der Waals surface area contributed by atoms with Crippen molar-refractivity contribution in [2.45, 2.75) is 13.5 Å². The molecule has 2 amide bonds. The molecule has 0 aliphatic rings. The Bertz CT molecular complexity index is 747. The number of amides is 2. The smallest absolute Gasteiger partial charge is 0.251 e. The van der Waals surface area contributed by atoms with Gasteiger partial charge in [-0.2, -0.15) is 0 Å². The monoisotopic (exact) mass is 330 g/mol. The quantitative estimate of drug-likeness (QED) is 0.855. The predicted molar refractivity (Wildman–Crippen MR) is 88.6 cm³/mol. The maximum absolute atomic E-state index is 13.6. The molecule has 0 atom stereocenters. The van der Waals surface area contributed by atoms with Gasteiger partial charge in [0.15, 0.2) is 11.6 Å². The molecule has 0 spiro atoms. The summed E-state index contributed by atoms with van der Waals surface area (Å²) in [5.41, 5.74) is 1.51. The van der Waals surface area contributed by atoms with E-state index in [0.717, 1.165) is 11.6 Å². The maximum Gasteiger partial charge on any atom is 0.251 e. The van der Waals surface area contributed by atoms with E-state index in [4.69, 9.17) is 4.74 Å². The van der Waals surface area contributed by atoms with E-state index < -0.39 is 11.7 Å². The number of hydrogen-bond acceptors (Lipinski definition) is 3. The zero-order valence-corrected chi connectivity index (χ0v) is 13.6. The van der Waals surface area contributed by atoms with Crippen LogP contribution in [0.4, 0.5) is 4.39 Å². The van der Waals surface area contributed by atoms with Crippen molar-refractivity contribution in [3.63, 3.8) is 0 Å². The molecule has 126 valence electrons. The highest BCUT2D eigenvalue weighted by Gasteiger charge is 2.10. The molecule has 0 bridgehead atoms. The number of hydrogen-bond donors (Lipinski definition) is 2. The third kappa shape index (κ3) is 4.32. The van der Waals surface area contributed by atoms with E-state index in [2.05, 4.69) is 10.6 Å². The Balaban J connectivity index is 2.02. The normalized spacial score (nSPS) is 10.1. The van der Waals surface area contributed by atoms with Crippen molar-refractivity contribution in [3.05, 3.63) is 65.0 Å². The number of nitrogens with one attached hydrogen (secondary N) is 2. The van der Waals surface area contributed by atoms with Crippen LogP contribution >= 0.6 is 0 Å². The number of carbonyl (C=O) groups is 2. The lowest BCUT2D eigenvalue weighted by molar-refractivity contribution is 0.0946. The van der Waals surface area contributed by atoms with Gasteiger partial charge in [-0.05, 0) is 42.8 Å². The second kappa shape index (κ2) is 8.10. The molecule has 0 heterocycles. The summed E-state index contributed by atoms with van der Waals surface area (Å²) in [6.45, 7) is 2.62. The first-order chi connectivity index (χ1) is 11.5. The SMILES string of the molecule is CCNC(=O)c1cccc(CNC(=O)c2ccc(OC)c(F)c2)c1. The van der Waals surface area contributed by atoms with Crippen molar-refractivity contribution in [1.82, 2.24) is 10.6 Å². The van der Waals surface area contributed by atoms with Crippen LogP contribution in [0.5, 0.6) is 5.75 Å². The summed E-state index contributed by atoms with van der Waals surface area (Å²) in [5.74, 6) is -1.08. The van der Waals surface area contributed by atoms with Crippen molar-refractivity contribution >= 4 is 11.8 Å². The highest BCUT2D eigenvalue weighted by molar-refractivity contribution is 5.95. The number of carbonyl (C=O) groups excluding carboxylic acids is 2. The molecule has 5 nitrogen and oxygen atoms in total. The lowest BCUT2D eigenvalue weighted by Gasteiger charge is -2.08. The number of benzene rings is 2. The van der Waals surface area contributed by atoms with E-state index in [0.29, 0.717) is 12.1 Å². The van der Waals surface area contributed by atoms with Crippen LogP contribution in [0.25, 0.3) is 0 Å². The number of ether oxygens (including phenoxy) is 1. The fraction of sp³-hybridized carbons (Fsp3) is 0.222. The molecule has 0 aliphatic heterocycles. The Morgan fingerprint density at radius 3 is 2.42 bits per heavy atom. The fourth-order valence-electron chi connectivity index (χ4n) is 2.18. The van der Waals surface area contributed by atoms with Gasteiger partial charge >= 0.3 is 0 Å². The van der Waals surface area contributed by atoms with Gasteiger partial charge in [-0.1, -0.05) is 12.1 Å². The van der Waals surface area contributed by atoms with Crippen LogP contribution in [-0.2, 0) is 6.54 Å². The topological polar surface area (TPSA) is 67.4 Å². The Kier molecular flexibility index (Phi) is 5.89. The molecule has 0 fully saturated rings. The summed E-state index contributed by atoms with van der Waals surface area (Å²) in [6.07, 6.45) is 0. The van der Waals surface area contributed by atoms with Gasteiger partial charge in [0, 0.05) is 24.2 Å². The zero-order valence-electron chi connectivity index (χ0n) is 13.6. The number of halogens is 1. The first-order valence-electron chi connectivity index (χ1n) is 7.54. The summed E-state index contributed by atoms with van der Waals surface area (Å²) in [6, 6.07) is 11.0. The minimum absolute atomic E-state index is 0.0844. The van der Waals surface area contributed by atoms with Gasteiger partial charge in [-0.25, -0.2) is 4.39 Å². The van der Waals surface area contributed by atoms with Crippen LogP contribution in [0.2, 0.25) is 0 Å². The van der Waals surface area contributed by atoms with Crippen molar-refractivity contribution in [2.24, 2.45) is 0 Å². The molecule has 2 aromatic rings. The van der Waals surface area contributed by atoms with Gasteiger partial charge in [-0.15, -0.1) is 0 Å². The highest BCUT2D eigenvalue weighted by Crippen LogP contribution is 2.17. The van der Waals surface area contributed by atoms with E-state index in [-0.39, 0.29) is 23.8 Å². The molecule has 0 aliphatic carbocycles. The first kappa shape index (κ1) is 17.5. The molecule has 6 heteroatoms. The third-order valence-corrected chi connectivity index (χ3v) is 3.39. The molecular weight excluding hydrogens is 311 g/mol. The minimum Gasteiger partial charge on any atom is -0.494 e. The second-order valence-electron chi connectivity index (χ2n) is 5.09. The average Bonchev–Trinajstić information content (AvgIpc) is 2.60. The third-order valence-electron chi connectivity index (χ3n) is 3.39. The van der Waals surface area contributed by atoms with Crippen LogP contribution in [-0.4, -0.2) is 25.5 Å². The highest BCUT2D eigenvalue weighted by atomic mass is 19.1. The number of methoxy groups -OCH3 is 1. The van der Waals surface area contributed by atoms with Crippen molar-refractivity contribution in [2.75, 3.05) is 13.7 Å². The van der Waals surface area contributed by atoms with Gasteiger partial charge in [0.1, 0.15) is 0 Å². The Morgan fingerprint density at radius 2 is 1.75 bits per heavy atom. The van der Waals surface area contributed by atoms with Gasteiger partial charge in [0.05, 0.1) is 7.11 Å². The van der Waals surface area contributed by atoms with Crippen LogP contribution in [0, 0.1) is 5.82 Å². The summed E-state index contributed by atoms with van der Waals surface area (Å²) in [4.78, 5) is 23.9. The molecule has 2 rings (SSSR count). The van der Waals surface area contributed by atoms with Crippen molar-refractivity contribution in [3.8, 4) is 5.75 Å². The molecule has 0 saturated heterocycles. The van der Waals surface area contributed by atoms with E-state index >= 15 is 0 Å². The van der Waals surface area contributed by atoms with Crippen LogP contribution in [0.3, 0.4) is 0 Å². The van der Waals surface area contributed by atoms with E-state index in [1.807, 2.05) is 6.92 Å². The van der Waals surface area contributed by atoms with Gasteiger partial charge in [-0.3, -0.25) is 9.59 Å². The van der Waals surface area contributed by atoms with Gasteiger partial charge < -0.3 is 15.4 Å². The average molecular weight is 330 g/mol. The van der Waals surface area contributed by atoms with E-state index in [9.17, 15) is 14.0 Å². The zero-order chi connectivity index (χ0) is 17.5. The maximum atomic E-state index is 13.6. The molecule has 0 saturated carbocycles. The molecule has 0 unspecified atom stereocenters. The molecular formula is C18H19FN2O3. The summed E-state index contributed by atoms with van der Waals surface area (Å²) in [7, 11) is 1.36. The minimum atomic E-state index is -0.594. The van der Waals surface area contributed by atoms with Gasteiger partial charge in [0.2, 0.25) is 0 Å². The largest absolute Gasteiger partial charge is 0.494 e. The van der Waals surface area contributed by atoms with Crippen molar-refractivity contribution in [1.29, 1.82) is 0 Å². The van der Waals surface area contributed by atoms with E-state index in [1.54, 1.807) is 24.3 Å². The lowest BCUT2D eigenvalue weighted by atomic mass is 10.1. The molecule has 0 aromatic heterocycles. The Hall–Kier alpha value is -2.89. The first-order valence-corrected chi connectivity index (χ1v) is 7.54. The standard InChI is InChI=1S/C18H19FN2O3/c1-3-20-17(22)13-6-4-5-12(9-13)11-21-18(23)14-7-8-16(24-2)15(19)10-14/h4-10H,3,11H2,1-2H3,(H,20,22)(H,21,23). The van der Waals surface area contributed by atoms with Crippen LogP contribution in [0.15, 0.2) is 42.5 Å². The summed E-state index contributed by atoms with van der Waals surface area (Å²) >= 11 is 0. The Morgan fingerprint density at radius 1 is 1.04 bits per heavy atom. The molecule has 2 N–H and O–H groups in total. The fourth-order valence-corrected chi connectivity index (χ4v) is 2.18. The van der Waals surface area contributed by atoms with Crippen LogP contribution < -0.4 is 15.4 Å². The van der Waals surface area contributed by atoms with E-state index in [1.165, 1.54) is 19.2 Å². The molecule has 0 radical (unpaired) electrons. The second-order valence-corrected chi connectivity index (χ2v) is 5.09. The lowest BCUT2D eigenvalue weighted by Crippen LogP contribution is -2.24. The molecule has 2 aromatic carbocycles. The summed E-state index contributed by atoms with van der Waals surface area (Å²) in [5, 5.41) is 5.42.